The van der Waals surface area contributed by atoms with Crippen molar-refractivity contribution in [1.82, 2.24) is 9.96 Å². The maximum absolute atomic E-state index is 11.9. The third-order valence-electron chi connectivity index (χ3n) is 3.11. The Kier molecular flexibility index (Phi) is 3.89. The molecule has 1 atom stereocenters. The Morgan fingerprint density at radius 3 is 2.14 bits per heavy atom. The molecule has 0 saturated carbocycles. The molecule has 0 aromatic carbocycles. The highest BCUT2D eigenvalue weighted by Gasteiger charge is 2.43. The largest absolute Gasteiger partial charge is 0.444 e. The Bertz CT molecular complexity index is 479. The summed E-state index contributed by atoms with van der Waals surface area (Å²) in [7, 11) is 0. The van der Waals surface area contributed by atoms with Crippen LogP contribution in [0.4, 0.5) is 4.79 Å². The standard InChI is InChI=1S/C13H18N2O6/c1-13(2,3)20-12(19)14-7-6-8(14)11(18)21-15-9(16)4-5-10(15)17/h8H,4-7H2,1-3H3/t8-/m0/s1. The average molecular weight is 298 g/mol. The van der Waals surface area contributed by atoms with E-state index in [1.807, 2.05) is 0 Å². The van der Waals surface area contributed by atoms with Crippen molar-refractivity contribution in [3.63, 3.8) is 0 Å². The minimum absolute atomic E-state index is 0.0343. The van der Waals surface area contributed by atoms with Crippen molar-refractivity contribution in [3.8, 4) is 0 Å². The lowest BCUT2D eigenvalue weighted by atomic mass is 10.0. The summed E-state index contributed by atoms with van der Waals surface area (Å²) in [5, 5.41) is 0.480. The number of amides is 3. The molecular formula is C13H18N2O6. The van der Waals surface area contributed by atoms with Gasteiger partial charge in [-0.2, -0.15) is 0 Å². The molecule has 0 unspecified atom stereocenters. The molecule has 8 nitrogen and oxygen atoms in total. The lowest BCUT2D eigenvalue weighted by Gasteiger charge is -2.39. The zero-order valence-electron chi connectivity index (χ0n) is 12.2. The van der Waals surface area contributed by atoms with Gasteiger partial charge in [-0.05, 0) is 27.2 Å². The Labute approximate surface area is 121 Å². The van der Waals surface area contributed by atoms with Crippen LogP contribution in [-0.2, 0) is 24.0 Å². The van der Waals surface area contributed by atoms with E-state index in [1.54, 1.807) is 20.8 Å². The highest BCUT2D eigenvalue weighted by molar-refractivity contribution is 6.02. The lowest BCUT2D eigenvalue weighted by molar-refractivity contribution is -0.203. The normalized spacial score (nSPS) is 22.1. The number of likely N-dealkylation sites (tertiary alicyclic amines) is 1. The van der Waals surface area contributed by atoms with Crippen LogP contribution in [0.3, 0.4) is 0 Å². The van der Waals surface area contributed by atoms with E-state index in [9.17, 15) is 19.2 Å². The van der Waals surface area contributed by atoms with E-state index < -0.39 is 35.5 Å². The molecule has 2 aliphatic rings. The van der Waals surface area contributed by atoms with Gasteiger partial charge in [0.2, 0.25) is 0 Å². The lowest BCUT2D eigenvalue weighted by Crippen LogP contribution is -2.57. The van der Waals surface area contributed by atoms with Crippen LogP contribution < -0.4 is 0 Å². The third kappa shape index (κ3) is 3.32. The highest BCUT2D eigenvalue weighted by atomic mass is 16.7. The van der Waals surface area contributed by atoms with Crippen molar-refractivity contribution in [3.05, 3.63) is 0 Å². The Balaban J connectivity index is 1.93. The fraction of sp³-hybridized carbons (Fsp3) is 0.692. The van der Waals surface area contributed by atoms with Gasteiger partial charge in [0.25, 0.3) is 11.8 Å². The van der Waals surface area contributed by atoms with Crippen LogP contribution >= 0.6 is 0 Å². The molecule has 2 rings (SSSR count). The van der Waals surface area contributed by atoms with Gasteiger partial charge in [-0.1, -0.05) is 0 Å². The van der Waals surface area contributed by atoms with E-state index in [1.165, 1.54) is 4.90 Å². The summed E-state index contributed by atoms with van der Waals surface area (Å²) in [5.41, 5.74) is -0.665. The molecule has 2 saturated heterocycles. The number of carbonyl (C=O) groups excluding carboxylic acids is 4. The van der Waals surface area contributed by atoms with E-state index >= 15 is 0 Å². The number of ether oxygens (including phenoxy) is 1. The van der Waals surface area contributed by atoms with Crippen molar-refractivity contribution in [2.24, 2.45) is 0 Å². The van der Waals surface area contributed by atoms with Crippen LogP contribution in [0.15, 0.2) is 0 Å². The average Bonchev–Trinajstić information content (AvgIpc) is 2.56. The molecule has 3 amide bonds. The molecule has 2 fully saturated rings. The van der Waals surface area contributed by atoms with Crippen LogP contribution in [0.5, 0.6) is 0 Å². The van der Waals surface area contributed by atoms with E-state index in [4.69, 9.17) is 9.57 Å². The number of hydroxylamine groups is 2. The minimum Gasteiger partial charge on any atom is -0.444 e. The molecule has 0 bridgehead atoms. The van der Waals surface area contributed by atoms with E-state index in [2.05, 4.69) is 0 Å². The molecular weight excluding hydrogens is 280 g/mol. The summed E-state index contributed by atoms with van der Waals surface area (Å²) >= 11 is 0. The molecule has 2 aliphatic heterocycles. The predicted octanol–water partition coefficient (Wildman–Crippen LogP) is 0.603. The maximum atomic E-state index is 11.9. The molecule has 0 spiro atoms. The van der Waals surface area contributed by atoms with Crippen LogP contribution in [0.2, 0.25) is 0 Å². The molecule has 0 aromatic rings. The molecule has 0 aliphatic carbocycles. The Morgan fingerprint density at radius 2 is 1.71 bits per heavy atom. The Hall–Kier alpha value is -2.12. The summed E-state index contributed by atoms with van der Waals surface area (Å²) in [4.78, 5) is 52.6. The first-order valence-electron chi connectivity index (χ1n) is 6.76. The van der Waals surface area contributed by atoms with Gasteiger partial charge >= 0.3 is 12.1 Å². The van der Waals surface area contributed by atoms with Gasteiger partial charge in [-0.15, -0.1) is 5.06 Å². The SMILES string of the molecule is CC(C)(C)OC(=O)N1CC[C@H]1C(=O)ON1C(=O)CCC1=O. The highest BCUT2D eigenvalue weighted by Crippen LogP contribution is 2.23. The molecule has 21 heavy (non-hydrogen) atoms. The summed E-state index contributed by atoms with van der Waals surface area (Å²) in [6, 6.07) is -0.818. The number of rotatable bonds is 2. The van der Waals surface area contributed by atoms with Crippen LogP contribution in [-0.4, -0.2) is 52.0 Å². The van der Waals surface area contributed by atoms with Gasteiger partial charge in [0, 0.05) is 19.4 Å². The van der Waals surface area contributed by atoms with E-state index in [-0.39, 0.29) is 12.8 Å². The fourth-order valence-electron chi connectivity index (χ4n) is 1.98. The van der Waals surface area contributed by atoms with E-state index in [0.29, 0.717) is 18.0 Å². The summed E-state index contributed by atoms with van der Waals surface area (Å²) in [5.74, 6) is -1.89. The van der Waals surface area contributed by atoms with Crippen LogP contribution in [0.25, 0.3) is 0 Å². The number of nitrogens with zero attached hydrogens (tertiary/aromatic N) is 2. The minimum atomic E-state index is -0.818. The topological polar surface area (TPSA) is 93.2 Å². The second-order valence-corrected chi connectivity index (χ2v) is 5.97. The van der Waals surface area contributed by atoms with Gasteiger partial charge < -0.3 is 9.57 Å². The number of hydrogen-bond acceptors (Lipinski definition) is 6. The Morgan fingerprint density at radius 1 is 1.14 bits per heavy atom. The van der Waals surface area contributed by atoms with Crippen molar-refractivity contribution in [2.75, 3.05) is 6.54 Å². The molecule has 0 aromatic heterocycles. The van der Waals surface area contributed by atoms with Crippen molar-refractivity contribution < 1.29 is 28.8 Å². The third-order valence-corrected chi connectivity index (χ3v) is 3.11. The summed E-state index contributed by atoms with van der Waals surface area (Å²) in [6.45, 7) is 5.54. The number of imide groups is 1. The van der Waals surface area contributed by atoms with Crippen molar-refractivity contribution in [1.29, 1.82) is 0 Å². The van der Waals surface area contributed by atoms with Gasteiger partial charge in [-0.3, -0.25) is 14.5 Å². The predicted molar refractivity (Wildman–Crippen MR) is 68.5 cm³/mol. The first-order valence-corrected chi connectivity index (χ1v) is 6.76. The van der Waals surface area contributed by atoms with Gasteiger partial charge in [0.1, 0.15) is 11.6 Å². The van der Waals surface area contributed by atoms with Crippen molar-refractivity contribution in [2.45, 2.75) is 51.7 Å². The molecule has 116 valence electrons. The second kappa shape index (κ2) is 5.34. The van der Waals surface area contributed by atoms with Crippen LogP contribution in [0.1, 0.15) is 40.0 Å². The second-order valence-electron chi connectivity index (χ2n) is 5.97. The molecule has 8 heteroatoms. The van der Waals surface area contributed by atoms with Gasteiger partial charge in [0.05, 0.1) is 0 Å². The zero-order chi connectivity index (χ0) is 15.8. The van der Waals surface area contributed by atoms with Crippen LogP contribution in [0, 0.1) is 0 Å². The quantitative estimate of drug-likeness (QED) is 0.693. The fourth-order valence-corrected chi connectivity index (χ4v) is 1.98. The number of carbonyl (C=O) groups is 4. The molecule has 0 radical (unpaired) electrons. The smallest absolute Gasteiger partial charge is 0.411 e. The maximum Gasteiger partial charge on any atom is 0.411 e. The first kappa shape index (κ1) is 15.3. The monoisotopic (exact) mass is 298 g/mol. The molecule has 2 heterocycles. The summed E-state index contributed by atoms with van der Waals surface area (Å²) < 4.78 is 5.17. The van der Waals surface area contributed by atoms with Crippen molar-refractivity contribution >= 4 is 23.9 Å². The van der Waals surface area contributed by atoms with Gasteiger partial charge in [0.15, 0.2) is 0 Å². The summed E-state index contributed by atoms with van der Waals surface area (Å²) in [6.07, 6.45) is -0.136. The molecule has 0 N–H and O–H groups in total. The first-order chi connectivity index (χ1) is 9.69. The zero-order valence-corrected chi connectivity index (χ0v) is 12.2. The van der Waals surface area contributed by atoms with Gasteiger partial charge in [-0.25, -0.2) is 9.59 Å². The number of hydrogen-bond donors (Lipinski definition) is 0. The van der Waals surface area contributed by atoms with E-state index in [0.717, 1.165) is 0 Å².